The highest BCUT2D eigenvalue weighted by atomic mass is 79.9. The summed E-state index contributed by atoms with van der Waals surface area (Å²) < 4.78 is 14.6. The number of benzene rings is 2. The van der Waals surface area contributed by atoms with Crippen LogP contribution in [0.4, 0.5) is 4.39 Å². The molecule has 1 unspecified atom stereocenters. The minimum atomic E-state index is -1.05. The molecule has 0 spiro atoms. The molecule has 4 heteroatoms. The first-order chi connectivity index (χ1) is 9.66. The number of pyridine rings is 1. The minimum Gasteiger partial charge on any atom is -0.383 e. The van der Waals surface area contributed by atoms with E-state index in [0.29, 0.717) is 11.1 Å². The molecule has 2 aromatic carbocycles. The molecule has 0 aliphatic carbocycles. The van der Waals surface area contributed by atoms with Gasteiger partial charge in [0.1, 0.15) is 11.9 Å². The van der Waals surface area contributed by atoms with Gasteiger partial charge in [-0.25, -0.2) is 4.39 Å². The summed E-state index contributed by atoms with van der Waals surface area (Å²) in [4.78, 5) is 4.29. The lowest BCUT2D eigenvalue weighted by molar-refractivity contribution is 0.216. The van der Waals surface area contributed by atoms with Crippen LogP contribution in [0.25, 0.3) is 10.9 Å². The zero-order chi connectivity index (χ0) is 14.1. The van der Waals surface area contributed by atoms with Crippen molar-refractivity contribution >= 4 is 26.8 Å². The summed E-state index contributed by atoms with van der Waals surface area (Å²) in [5.41, 5.74) is 1.51. The van der Waals surface area contributed by atoms with Gasteiger partial charge in [0, 0.05) is 27.2 Å². The highest BCUT2D eigenvalue weighted by molar-refractivity contribution is 9.10. The van der Waals surface area contributed by atoms with Gasteiger partial charge in [0.15, 0.2) is 0 Å². The van der Waals surface area contributed by atoms with Gasteiger partial charge in [0.05, 0.1) is 5.52 Å². The molecule has 0 bridgehead atoms. The number of aliphatic hydroxyl groups excluding tert-OH is 1. The van der Waals surface area contributed by atoms with E-state index in [4.69, 9.17) is 0 Å². The van der Waals surface area contributed by atoms with Crippen LogP contribution < -0.4 is 0 Å². The van der Waals surface area contributed by atoms with Crippen LogP contribution in [0.1, 0.15) is 17.2 Å². The second kappa shape index (κ2) is 5.31. The fourth-order valence-electron chi connectivity index (χ4n) is 2.24. The molecule has 0 amide bonds. The number of hydrogen-bond acceptors (Lipinski definition) is 2. The number of aromatic nitrogens is 1. The second-order valence-electron chi connectivity index (χ2n) is 4.49. The van der Waals surface area contributed by atoms with E-state index in [2.05, 4.69) is 20.9 Å². The van der Waals surface area contributed by atoms with Gasteiger partial charge in [0.2, 0.25) is 0 Å². The Balaban J connectivity index is 2.17. The lowest BCUT2D eigenvalue weighted by atomic mass is 9.98. The Kier molecular flexibility index (Phi) is 3.51. The lowest BCUT2D eigenvalue weighted by Gasteiger charge is -2.14. The fourth-order valence-corrected chi connectivity index (χ4v) is 2.62. The number of nitrogens with zero attached hydrogens (tertiary/aromatic N) is 1. The van der Waals surface area contributed by atoms with E-state index in [1.165, 1.54) is 6.07 Å². The number of halogens is 2. The van der Waals surface area contributed by atoms with E-state index in [0.717, 1.165) is 9.86 Å². The Hall–Kier alpha value is -1.78. The van der Waals surface area contributed by atoms with Crippen molar-refractivity contribution in [1.82, 2.24) is 4.98 Å². The van der Waals surface area contributed by atoms with E-state index in [1.807, 2.05) is 24.3 Å². The van der Waals surface area contributed by atoms with Crippen molar-refractivity contribution in [2.75, 3.05) is 0 Å². The fraction of sp³-hybridized carbons (Fsp3) is 0.0625. The van der Waals surface area contributed by atoms with Crippen molar-refractivity contribution in [3.8, 4) is 0 Å². The van der Waals surface area contributed by atoms with E-state index in [1.54, 1.807) is 24.4 Å². The van der Waals surface area contributed by atoms with Gasteiger partial charge in [-0.05, 0) is 24.3 Å². The molecule has 1 aromatic heterocycles. The molecule has 0 saturated heterocycles. The van der Waals surface area contributed by atoms with Crippen LogP contribution in [0.5, 0.6) is 0 Å². The van der Waals surface area contributed by atoms with Crippen molar-refractivity contribution in [3.63, 3.8) is 0 Å². The maximum absolute atomic E-state index is 13.9. The molecule has 0 aliphatic heterocycles. The van der Waals surface area contributed by atoms with Gasteiger partial charge in [-0.3, -0.25) is 4.98 Å². The Morgan fingerprint density at radius 3 is 2.70 bits per heavy atom. The average Bonchev–Trinajstić information content (AvgIpc) is 2.48. The van der Waals surface area contributed by atoms with Crippen molar-refractivity contribution in [2.24, 2.45) is 0 Å². The second-order valence-corrected chi connectivity index (χ2v) is 5.41. The monoisotopic (exact) mass is 331 g/mol. The topological polar surface area (TPSA) is 33.1 Å². The first-order valence-corrected chi connectivity index (χ1v) is 6.93. The van der Waals surface area contributed by atoms with Crippen molar-refractivity contribution < 1.29 is 9.50 Å². The van der Waals surface area contributed by atoms with Crippen LogP contribution in [0.3, 0.4) is 0 Å². The average molecular weight is 332 g/mol. The zero-order valence-corrected chi connectivity index (χ0v) is 12.0. The summed E-state index contributed by atoms with van der Waals surface area (Å²) in [6, 6.07) is 13.8. The summed E-state index contributed by atoms with van der Waals surface area (Å²) in [6.07, 6.45) is 0.613. The largest absolute Gasteiger partial charge is 0.383 e. The normalized spacial score (nSPS) is 12.6. The van der Waals surface area contributed by atoms with Crippen LogP contribution in [-0.4, -0.2) is 10.1 Å². The molecule has 3 aromatic rings. The Morgan fingerprint density at radius 1 is 1.05 bits per heavy atom. The summed E-state index contributed by atoms with van der Waals surface area (Å²) in [5, 5.41) is 11.4. The quantitative estimate of drug-likeness (QED) is 0.762. The lowest BCUT2D eigenvalue weighted by Crippen LogP contribution is -2.04. The van der Waals surface area contributed by atoms with Gasteiger partial charge in [0.25, 0.3) is 0 Å². The van der Waals surface area contributed by atoms with E-state index >= 15 is 0 Å². The third-order valence-corrected chi connectivity index (χ3v) is 3.70. The van der Waals surface area contributed by atoms with Crippen molar-refractivity contribution in [2.45, 2.75) is 6.10 Å². The summed E-state index contributed by atoms with van der Waals surface area (Å²) in [7, 11) is 0. The maximum atomic E-state index is 13.9. The smallest absolute Gasteiger partial charge is 0.129 e. The van der Waals surface area contributed by atoms with Gasteiger partial charge in [-0.1, -0.05) is 40.2 Å². The van der Waals surface area contributed by atoms with Crippen LogP contribution in [0, 0.1) is 5.82 Å². The number of hydrogen-bond donors (Lipinski definition) is 1. The van der Waals surface area contributed by atoms with Gasteiger partial charge in [-0.2, -0.15) is 0 Å². The Labute approximate surface area is 124 Å². The minimum absolute atomic E-state index is 0.234. The predicted octanol–water partition coefficient (Wildman–Crippen LogP) is 4.22. The van der Waals surface area contributed by atoms with Crippen molar-refractivity contribution in [3.05, 3.63) is 76.1 Å². The van der Waals surface area contributed by atoms with Gasteiger partial charge in [-0.15, -0.1) is 0 Å². The third kappa shape index (κ3) is 2.32. The number of aliphatic hydroxyl groups is 1. The van der Waals surface area contributed by atoms with Gasteiger partial charge >= 0.3 is 0 Å². The molecule has 1 N–H and O–H groups in total. The van der Waals surface area contributed by atoms with Crippen LogP contribution in [-0.2, 0) is 0 Å². The molecule has 100 valence electrons. The molecule has 20 heavy (non-hydrogen) atoms. The number of rotatable bonds is 2. The zero-order valence-electron chi connectivity index (χ0n) is 10.4. The highest BCUT2D eigenvalue weighted by Gasteiger charge is 2.18. The van der Waals surface area contributed by atoms with E-state index in [9.17, 15) is 9.50 Å². The van der Waals surface area contributed by atoms with Crippen LogP contribution >= 0.6 is 15.9 Å². The summed E-state index contributed by atoms with van der Waals surface area (Å²) in [6.45, 7) is 0. The van der Waals surface area contributed by atoms with Crippen LogP contribution in [0.15, 0.2) is 59.2 Å². The number of para-hydroxylation sites is 1. The standard InChI is InChI=1S/C16H11BrFNO/c17-11-6-7-14(18)13(9-11)16(20)12-5-1-3-10-4-2-8-19-15(10)12/h1-9,16,20H. The summed E-state index contributed by atoms with van der Waals surface area (Å²) in [5.74, 6) is -0.436. The molecule has 1 atom stereocenters. The molecular formula is C16H11BrFNO. The molecule has 2 nitrogen and oxygen atoms in total. The maximum Gasteiger partial charge on any atom is 0.129 e. The molecule has 3 rings (SSSR count). The highest BCUT2D eigenvalue weighted by Crippen LogP contribution is 2.30. The first-order valence-electron chi connectivity index (χ1n) is 6.13. The molecule has 1 heterocycles. The first kappa shape index (κ1) is 13.2. The SMILES string of the molecule is OC(c1cc(Br)ccc1F)c1cccc2cccnc12. The molecular weight excluding hydrogens is 321 g/mol. The molecule has 0 aliphatic rings. The predicted molar refractivity (Wildman–Crippen MR) is 79.9 cm³/mol. The number of fused-ring (bicyclic) bond motifs is 1. The van der Waals surface area contributed by atoms with Crippen LogP contribution in [0.2, 0.25) is 0 Å². The summed E-state index contributed by atoms with van der Waals surface area (Å²) >= 11 is 3.29. The Bertz CT molecular complexity index is 770. The third-order valence-electron chi connectivity index (χ3n) is 3.21. The molecule has 0 radical (unpaired) electrons. The van der Waals surface area contributed by atoms with Crippen molar-refractivity contribution in [1.29, 1.82) is 0 Å². The Morgan fingerprint density at radius 2 is 1.85 bits per heavy atom. The van der Waals surface area contributed by atoms with Gasteiger partial charge < -0.3 is 5.11 Å². The van der Waals surface area contributed by atoms with E-state index in [-0.39, 0.29) is 5.56 Å². The molecule has 0 fully saturated rings. The molecule has 0 saturated carbocycles. The van der Waals surface area contributed by atoms with E-state index < -0.39 is 11.9 Å².